The molecule has 0 unspecified atom stereocenters. The lowest BCUT2D eigenvalue weighted by Gasteiger charge is -1.95. The summed E-state index contributed by atoms with van der Waals surface area (Å²) in [5, 5.41) is 20.6. The molecule has 0 radical (unpaired) electrons. The van der Waals surface area contributed by atoms with Crippen molar-refractivity contribution in [3.8, 4) is 0 Å². The second-order valence-electron chi connectivity index (χ2n) is 2.07. The van der Waals surface area contributed by atoms with E-state index in [0.717, 1.165) is 0 Å². The van der Waals surface area contributed by atoms with Crippen molar-refractivity contribution >= 4 is 11.6 Å². The van der Waals surface area contributed by atoms with E-state index in [-0.39, 0.29) is 25.1 Å². The van der Waals surface area contributed by atoms with Crippen LogP contribution in [0.4, 0.5) is 0 Å². The van der Waals surface area contributed by atoms with Crippen LogP contribution in [0.1, 0.15) is 12.8 Å². The topological polar surface area (TPSA) is 119 Å². The summed E-state index contributed by atoms with van der Waals surface area (Å²) in [6.07, 6.45) is 0.155. The van der Waals surface area contributed by atoms with Gasteiger partial charge in [0.1, 0.15) is 5.71 Å². The lowest BCUT2D eigenvalue weighted by Crippen LogP contribution is -2.23. The summed E-state index contributed by atoms with van der Waals surface area (Å²) in [7, 11) is 0. The first-order valence-corrected chi connectivity index (χ1v) is 3.20. The van der Waals surface area contributed by atoms with Crippen molar-refractivity contribution in [2.75, 3.05) is 6.54 Å². The second-order valence-corrected chi connectivity index (χ2v) is 2.07. The molecule has 3 N–H and O–H groups in total. The Balaban J connectivity index is 3.76. The van der Waals surface area contributed by atoms with Crippen LogP contribution >= 0.6 is 0 Å². The summed E-state index contributed by atoms with van der Waals surface area (Å²) in [5.74, 6) is -0.860. The summed E-state index contributed by atoms with van der Waals surface area (Å²) in [6, 6.07) is 0. The highest BCUT2D eigenvalue weighted by Crippen LogP contribution is 1.92. The molecule has 0 aliphatic heterocycles. The largest absolute Gasteiger partial charge is 0.410 e. The summed E-state index contributed by atoms with van der Waals surface area (Å²) in [6.45, 7) is -0.272. The highest BCUT2D eigenvalue weighted by molar-refractivity contribution is 6.38. The van der Waals surface area contributed by atoms with Gasteiger partial charge in [0.25, 0.3) is 5.91 Å². The van der Waals surface area contributed by atoms with Crippen LogP contribution in [0.2, 0.25) is 0 Å². The van der Waals surface area contributed by atoms with Crippen molar-refractivity contribution in [3.63, 3.8) is 0 Å². The molecule has 7 nitrogen and oxygen atoms in total. The number of oxime groups is 1. The maximum absolute atomic E-state index is 10.4. The van der Waals surface area contributed by atoms with Gasteiger partial charge in [0.15, 0.2) is 0 Å². The monoisotopic (exact) mass is 175 g/mol. The number of primary amides is 1. The number of hydrogen-bond donors (Lipinski definition) is 2. The average molecular weight is 175 g/mol. The van der Waals surface area contributed by atoms with Crippen molar-refractivity contribution in [2.24, 2.45) is 10.9 Å². The molecule has 0 aromatic carbocycles. The minimum absolute atomic E-state index is 0.0206. The summed E-state index contributed by atoms with van der Waals surface area (Å²) >= 11 is 0. The van der Waals surface area contributed by atoms with E-state index in [9.17, 15) is 14.9 Å². The van der Waals surface area contributed by atoms with Gasteiger partial charge in [-0.3, -0.25) is 14.9 Å². The predicted molar refractivity (Wildman–Crippen MR) is 39.5 cm³/mol. The number of carbonyl (C=O) groups is 1. The molecule has 0 spiro atoms. The zero-order chi connectivity index (χ0) is 9.56. The van der Waals surface area contributed by atoms with Crippen molar-refractivity contribution in [1.82, 2.24) is 0 Å². The molecular formula is C5H9N3O4. The Morgan fingerprint density at radius 1 is 1.67 bits per heavy atom. The van der Waals surface area contributed by atoms with Crippen LogP contribution in [0.15, 0.2) is 5.16 Å². The van der Waals surface area contributed by atoms with E-state index < -0.39 is 10.8 Å². The summed E-state index contributed by atoms with van der Waals surface area (Å²) in [5.41, 5.74) is 4.53. The van der Waals surface area contributed by atoms with E-state index in [1.54, 1.807) is 0 Å². The third-order valence-electron chi connectivity index (χ3n) is 1.16. The van der Waals surface area contributed by atoms with Crippen LogP contribution in [-0.2, 0) is 4.79 Å². The number of hydrogen-bond acceptors (Lipinski definition) is 5. The first kappa shape index (κ1) is 10.3. The molecule has 0 fully saturated rings. The van der Waals surface area contributed by atoms with E-state index in [1.807, 2.05) is 0 Å². The number of carbonyl (C=O) groups excluding carboxylic acids is 1. The fourth-order valence-electron chi connectivity index (χ4n) is 0.598. The molecule has 0 atom stereocenters. The van der Waals surface area contributed by atoms with Crippen LogP contribution in [0, 0.1) is 10.1 Å². The van der Waals surface area contributed by atoms with Crippen LogP contribution in [0.25, 0.3) is 0 Å². The normalized spacial score (nSPS) is 11.2. The van der Waals surface area contributed by atoms with Gasteiger partial charge in [0, 0.05) is 17.8 Å². The summed E-state index contributed by atoms with van der Waals surface area (Å²) < 4.78 is 0. The lowest BCUT2D eigenvalue weighted by atomic mass is 10.2. The first-order chi connectivity index (χ1) is 5.57. The van der Waals surface area contributed by atoms with Gasteiger partial charge < -0.3 is 10.9 Å². The molecule has 0 aliphatic carbocycles. The van der Waals surface area contributed by atoms with Gasteiger partial charge in [-0.1, -0.05) is 5.16 Å². The highest BCUT2D eigenvalue weighted by atomic mass is 16.6. The Morgan fingerprint density at radius 3 is 2.58 bits per heavy atom. The molecule has 68 valence electrons. The fourth-order valence-corrected chi connectivity index (χ4v) is 0.598. The molecule has 12 heavy (non-hydrogen) atoms. The standard InChI is InChI=1S/C5H9N3O4/c6-5(9)4(7-10)2-1-3-8(11)12/h10H,1-3H2,(H2,6,9)/b7-4+. The highest BCUT2D eigenvalue weighted by Gasteiger charge is 2.08. The zero-order valence-electron chi connectivity index (χ0n) is 6.27. The molecule has 0 aliphatic rings. The minimum atomic E-state index is -0.860. The van der Waals surface area contributed by atoms with Crippen LogP contribution < -0.4 is 5.73 Å². The fraction of sp³-hybridized carbons (Fsp3) is 0.600. The molecule has 0 saturated heterocycles. The predicted octanol–water partition coefficient (Wildman–Crippen LogP) is -0.641. The van der Waals surface area contributed by atoms with Crippen LogP contribution in [-0.4, -0.2) is 28.3 Å². The van der Waals surface area contributed by atoms with Gasteiger partial charge in [-0.15, -0.1) is 0 Å². The Morgan fingerprint density at radius 2 is 2.25 bits per heavy atom. The van der Waals surface area contributed by atoms with E-state index >= 15 is 0 Å². The number of amides is 1. The SMILES string of the molecule is NC(=O)/C(CCC[N+](=O)[O-])=N/O. The Bertz CT molecular complexity index is 213. The molecule has 0 aromatic rings. The Labute approximate surface area is 68.0 Å². The molecular weight excluding hydrogens is 166 g/mol. The van der Waals surface area contributed by atoms with E-state index in [2.05, 4.69) is 5.16 Å². The Kier molecular flexibility index (Phi) is 4.35. The minimum Gasteiger partial charge on any atom is -0.410 e. The second kappa shape index (κ2) is 5.05. The summed E-state index contributed by atoms with van der Waals surface area (Å²) in [4.78, 5) is 19.7. The van der Waals surface area contributed by atoms with Crippen molar-refractivity contribution in [2.45, 2.75) is 12.8 Å². The van der Waals surface area contributed by atoms with E-state index in [1.165, 1.54) is 0 Å². The quantitative estimate of drug-likeness (QED) is 0.250. The van der Waals surface area contributed by atoms with Gasteiger partial charge in [-0.25, -0.2) is 0 Å². The average Bonchev–Trinajstić information content (AvgIpc) is 1.96. The van der Waals surface area contributed by atoms with Gasteiger partial charge >= 0.3 is 0 Å². The molecule has 7 heteroatoms. The van der Waals surface area contributed by atoms with Gasteiger partial charge in [0.05, 0.1) is 0 Å². The smallest absolute Gasteiger partial charge is 0.266 e. The third kappa shape index (κ3) is 4.20. The van der Waals surface area contributed by atoms with Crippen molar-refractivity contribution in [3.05, 3.63) is 10.1 Å². The maximum Gasteiger partial charge on any atom is 0.266 e. The van der Waals surface area contributed by atoms with Crippen molar-refractivity contribution in [1.29, 1.82) is 0 Å². The van der Waals surface area contributed by atoms with Crippen LogP contribution in [0.5, 0.6) is 0 Å². The van der Waals surface area contributed by atoms with Crippen LogP contribution in [0.3, 0.4) is 0 Å². The third-order valence-corrected chi connectivity index (χ3v) is 1.16. The molecule has 1 amide bonds. The number of nitro groups is 1. The number of nitrogens with zero attached hydrogens (tertiary/aromatic N) is 2. The molecule has 0 aromatic heterocycles. The molecule has 0 saturated carbocycles. The zero-order valence-corrected chi connectivity index (χ0v) is 6.27. The molecule has 0 rings (SSSR count). The van der Waals surface area contributed by atoms with Gasteiger partial charge in [-0.05, 0) is 0 Å². The molecule has 0 bridgehead atoms. The van der Waals surface area contributed by atoms with Gasteiger partial charge in [0.2, 0.25) is 6.54 Å². The van der Waals surface area contributed by atoms with E-state index in [4.69, 9.17) is 10.9 Å². The first-order valence-electron chi connectivity index (χ1n) is 3.20. The van der Waals surface area contributed by atoms with Crippen molar-refractivity contribution < 1.29 is 14.9 Å². The van der Waals surface area contributed by atoms with E-state index in [0.29, 0.717) is 0 Å². The number of rotatable bonds is 5. The van der Waals surface area contributed by atoms with Gasteiger partial charge in [-0.2, -0.15) is 0 Å². The number of nitrogens with two attached hydrogens (primary N) is 1. The molecule has 0 heterocycles. The maximum atomic E-state index is 10.4. The Hall–Kier alpha value is -1.66. The lowest BCUT2D eigenvalue weighted by molar-refractivity contribution is -0.480.